The first kappa shape index (κ1) is 5.96. The molecule has 1 aliphatic rings. The third-order valence-corrected chi connectivity index (χ3v) is 5.23. The summed E-state index contributed by atoms with van der Waals surface area (Å²) in [5.41, 5.74) is 0. The van der Waals surface area contributed by atoms with Crippen LogP contribution in [0.15, 0.2) is 0 Å². The molecule has 2 heteroatoms. The molecule has 1 saturated heterocycles. The summed E-state index contributed by atoms with van der Waals surface area (Å²) in [4.78, 5) is 2.44. The maximum absolute atomic E-state index is 2.44. The van der Waals surface area contributed by atoms with Gasteiger partial charge in [0.15, 0.2) is 0 Å². The molecule has 1 fully saturated rings. The Morgan fingerprint density at radius 2 is 1.86 bits per heavy atom. The zero-order chi connectivity index (χ0) is 5.11. The van der Waals surface area contributed by atoms with Crippen molar-refractivity contribution in [3.63, 3.8) is 0 Å². The van der Waals surface area contributed by atoms with Crippen molar-refractivity contribution in [3.05, 3.63) is 0 Å². The monoisotopic (exact) mass is 200 g/mol. The molecule has 1 heterocycles. The molecular weight excluding hydrogens is 189 g/mol. The molecule has 0 unspecified atom stereocenters. The molecule has 0 aromatic heterocycles. The average molecular weight is 200 g/mol. The molecule has 1 nitrogen and oxygen atoms in total. The second kappa shape index (κ2) is 2.98. The van der Waals surface area contributed by atoms with Crippen molar-refractivity contribution in [1.29, 1.82) is 0 Å². The van der Waals surface area contributed by atoms with Crippen LogP contribution >= 0.6 is 0 Å². The van der Waals surface area contributed by atoms with Crippen LogP contribution in [-0.4, -0.2) is 47.9 Å². The molecule has 0 N–H and O–H groups in total. The molecule has 1 rings (SSSR count). The second-order valence-corrected chi connectivity index (χ2v) is 7.11. The van der Waals surface area contributed by atoms with Gasteiger partial charge in [0.05, 0.1) is 0 Å². The van der Waals surface area contributed by atoms with Crippen LogP contribution in [0.5, 0.6) is 0 Å². The Kier molecular flexibility index (Phi) is 2.53. The average Bonchev–Trinajstić information content (AvgIpc) is 1.69. The van der Waals surface area contributed by atoms with Gasteiger partial charge in [0.2, 0.25) is 0 Å². The van der Waals surface area contributed by atoms with Gasteiger partial charge >= 0.3 is 56.3 Å². The Morgan fingerprint density at radius 3 is 2.14 bits per heavy atom. The molecule has 0 atom stereocenters. The summed E-state index contributed by atoms with van der Waals surface area (Å²) in [6, 6.07) is 0. The van der Waals surface area contributed by atoms with Crippen molar-refractivity contribution in [2.75, 3.05) is 20.1 Å². The fraction of sp³-hybridized carbons (Fsp3) is 1.00. The van der Waals surface area contributed by atoms with Gasteiger partial charge in [0, 0.05) is 0 Å². The van der Waals surface area contributed by atoms with E-state index < -0.39 is 0 Å². The Labute approximate surface area is 56.4 Å². The number of hydrogen-bond donors (Lipinski definition) is 0. The van der Waals surface area contributed by atoms with Gasteiger partial charge in [0.1, 0.15) is 0 Å². The molecule has 1 aliphatic heterocycles. The Bertz CT molecular complexity index is 50.0. The number of rotatable bonds is 0. The zero-order valence-electron chi connectivity index (χ0n) is 4.85. The summed E-state index contributed by atoms with van der Waals surface area (Å²) in [6.45, 7) is 2.81. The van der Waals surface area contributed by atoms with E-state index in [1.54, 1.807) is 8.35 Å². The molecule has 0 amide bonds. The van der Waals surface area contributed by atoms with Gasteiger partial charge in [-0.25, -0.2) is 0 Å². The van der Waals surface area contributed by atoms with Gasteiger partial charge in [-0.3, -0.25) is 0 Å². The van der Waals surface area contributed by atoms with Gasteiger partial charge in [0.25, 0.3) is 0 Å². The predicted octanol–water partition coefficient (Wildman–Crippen LogP) is 0.473. The van der Waals surface area contributed by atoms with Crippen LogP contribution in [0, 0.1) is 0 Å². The molecule has 1 radical (unpaired) electrons. The van der Waals surface area contributed by atoms with Crippen LogP contribution in [0.3, 0.4) is 0 Å². The van der Waals surface area contributed by atoms with E-state index in [9.17, 15) is 0 Å². The van der Waals surface area contributed by atoms with E-state index in [-0.39, 0.29) is 22.9 Å². The van der Waals surface area contributed by atoms with Gasteiger partial charge < -0.3 is 0 Å². The van der Waals surface area contributed by atoms with E-state index in [1.165, 1.54) is 13.1 Å². The van der Waals surface area contributed by atoms with Gasteiger partial charge in [-0.15, -0.1) is 0 Å². The predicted molar refractivity (Wildman–Crippen MR) is 32.9 cm³/mol. The normalized spacial score (nSPS) is 24.1. The molecule has 7 heavy (non-hydrogen) atoms. The fourth-order valence-electron chi connectivity index (χ4n) is 0.879. The van der Waals surface area contributed by atoms with Gasteiger partial charge in [-0.05, 0) is 0 Å². The molecule has 0 spiro atoms. The molecule has 0 aliphatic carbocycles. The second-order valence-electron chi connectivity index (χ2n) is 2.17. The first-order valence-corrected chi connectivity index (χ1v) is 7.56. The molecule has 0 aromatic rings. The molecule has 39 valence electrons. The molecule has 0 bridgehead atoms. The SMILES string of the molecule is CN1C[CH2][In][CH2]C1. The number of nitrogens with zero attached hydrogens (tertiary/aromatic N) is 1. The standard InChI is InChI=1S/C5H11N.In/c1-4-6(3)5-2;/h1-2,4-5H2,3H3;. The van der Waals surface area contributed by atoms with Crippen molar-refractivity contribution < 1.29 is 0 Å². The van der Waals surface area contributed by atoms with Crippen molar-refractivity contribution in [3.8, 4) is 0 Å². The van der Waals surface area contributed by atoms with Gasteiger partial charge in [-0.1, -0.05) is 0 Å². The first-order chi connectivity index (χ1) is 3.39. The topological polar surface area (TPSA) is 3.24 Å². The molecule has 0 aromatic carbocycles. The van der Waals surface area contributed by atoms with Crippen LogP contribution in [0.4, 0.5) is 0 Å². The summed E-state index contributed by atoms with van der Waals surface area (Å²) < 4.78 is 3.21. The fourth-order valence-corrected chi connectivity index (χ4v) is 5.26. The van der Waals surface area contributed by atoms with Crippen molar-refractivity contribution >= 4 is 22.9 Å². The van der Waals surface area contributed by atoms with Gasteiger partial charge in [-0.2, -0.15) is 0 Å². The summed E-state index contributed by atoms with van der Waals surface area (Å²) in [7, 11) is 2.22. The summed E-state index contributed by atoms with van der Waals surface area (Å²) in [6.07, 6.45) is 0. The number of hydrogen-bond acceptors (Lipinski definition) is 1. The Hall–Kier alpha value is 0.830. The van der Waals surface area contributed by atoms with Crippen LogP contribution in [0.25, 0.3) is 0 Å². The van der Waals surface area contributed by atoms with Crippen LogP contribution in [0.1, 0.15) is 0 Å². The first-order valence-electron chi connectivity index (χ1n) is 2.90. The van der Waals surface area contributed by atoms with E-state index in [2.05, 4.69) is 11.9 Å². The van der Waals surface area contributed by atoms with E-state index in [0.29, 0.717) is 0 Å². The van der Waals surface area contributed by atoms with Crippen molar-refractivity contribution in [2.24, 2.45) is 0 Å². The van der Waals surface area contributed by atoms with E-state index in [1.807, 2.05) is 0 Å². The van der Waals surface area contributed by atoms with Crippen molar-refractivity contribution in [1.82, 2.24) is 4.90 Å². The third kappa shape index (κ3) is 2.04. The minimum atomic E-state index is 0.0620. The summed E-state index contributed by atoms with van der Waals surface area (Å²) >= 11 is 0.0620. The quantitative estimate of drug-likeness (QED) is 0.549. The van der Waals surface area contributed by atoms with Crippen molar-refractivity contribution in [2.45, 2.75) is 8.35 Å². The van der Waals surface area contributed by atoms with Crippen LogP contribution in [0.2, 0.25) is 8.35 Å². The van der Waals surface area contributed by atoms with E-state index >= 15 is 0 Å². The molecule has 0 saturated carbocycles. The maximum atomic E-state index is 2.44. The minimum absolute atomic E-state index is 0.0620. The third-order valence-electron chi connectivity index (χ3n) is 1.43. The molecular formula is C5H11InN. The zero-order valence-corrected chi connectivity index (χ0v) is 8.15. The van der Waals surface area contributed by atoms with Crippen LogP contribution in [-0.2, 0) is 0 Å². The Morgan fingerprint density at radius 1 is 1.29 bits per heavy atom. The van der Waals surface area contributed by atoms with E-state index in [0.717, 1.165) is 0 Å². The summed E-state index contributed by atoms with van der Waals surface area (Å²) in [5.74, 6) is 0. The van der Waals surface area contributed by atoms with Crippen LogP contribution < -0.4 is 0 Å². The summed E-state index contributed by atoms with van der Waals surface area (Å²) in [5, 5.41) is 0. The Balaban J connectivity index is 2.12. The van der Waals surface area contributed by atoms with E-state index in [4.69, 9.17) is 0 Å².